The lowest BCUT2D eigenvalue weighted by molar-refractivity contribution is 0.0303. The van der Waals surface area contributed by atoms with E-state index in [1.807, 2.05) is 42.2 Å². The molecule has 1 fully saturated rings. The van der Waals surface area contributed by atoms with Crippen molar-refractivity contribution in [3.63, 3.8) is 0 Å². The van der Waals surface area contributed by atoms with Crippen LogP contribution in [0.15, 0.2) is 42.7 Å². The number of carbonyl (C=O) groups is 1. The molecule has 0 bridgehead atoms. The minimum Gasteiger partial charge on any atom is -0.492 e. The Morgan fingerprint density at radius 3 is 2.22 bits per heavy atom. The van der Waals surface area contributed by atoms with Crippen LogP contribution in [0.4, 0.5) is 0 Å². The molecule has 1 aliphatic heterocycles. The Kier molecular flexibility index (Phi) is 7.95. The molecule has 2 aromatic carbocycles. The average Bonchev–Trinajstić information content (AvgIpc) is 2.94. The molecular formula is C28H32N2O6. The standard InChI is InChI=1S/C28H32N2O6/c1-18-22(25(33-3)27(35-5)26(34-4)24(18)32-2)15-19-8-9-21(28(31)30-11-13-36-14-12-30)23(16-19)20-7-6-10-29-17-20/h6-10,16-17H,11-15H2,1-5H3. The van der Waals surface area contributed by atoms with Crippen LogP contribution in [0.25, 0.3) is 11.1 Å². The summed E-state index contributed by atoms with van der Waals surface area (Å²) in [5.74, 6) is 2.13. The van der Waals surface area contributed by atoms with E-state index in [4.69, 9.17) is 23.7 Å². The topological polar surface area (TPSA) is 79.4 Å². The number of pyridine rings is 1. The molecular weight excluding hydrogens is 460 g/mol. The lowest BCUT2D eigenvalue weighted by Gasteiger charge is -2.28. The molecule has 0 radical (unpaired) electrons. The molecule has 1 aromatic heterocycles. The molecule has 1 saturated heterocycles. The molecule has 1 aliphatic rings. The minimum atomic E-state index is -0.00903. The summed E-state index contributed by atoms with van der Waals surface area (Å²) in [5.41, 5.74) is 5.16. The largest absolute Gasteiger partial charge is 0.492 e. The number of nitrogens with zero attached hydrogens (tertiary/aromatic N) is 2. The first kappa shape index (κ1) is 25.3. The number of morpholine rings is 1. The van der Waals surface area contributed by atoms with Crippen molar-refractivity contribution >= 4 is 5.91 Å². The second-order valence-electron chi connectivity index (χ2n) is 8.44. The van der Waals surface area contributed by atoms with Gasteiger partial charge in [-0.2, -0.15) is 0 Å². The first-order valence-electron chi connectivity index (χ1n) is 11.8. The highest BCUT2D eigenvalue weighted by Gasteiger charge is 2.26. The van der Waals surface area contributed by atoms with Crippen molar-refractivity contribution in [3.8, 4) is 34.1 Å². The van der Waals surface area contributed by atoms with Crippen LogP contribution in [0.5, 0.6) is 23.0 Å². The maximum absolute atomic E-state index is 13.4. The van der Waals surface area contributed by atoms with Crippen molar-refractivity contribution in [3.05, 3.63) is 65.0 Å². The molecule has 8 nitrogen and oxygen atoms in total. The summed E-state index contributed by atoms with van der Waals surface area (Å²) >= 11 is 0. The number of rotatable bonds is 8. The fourth-order valence-corrected chi connectivity index (χ4v) is 4.66. The number of hydrogen-bond acceptors (Lipinski definition) is 7. The summed E-state index contributed by atoms with van der Waals surface area (Å²) in [5, 5.41) is 0. The lowest BCUT2D eigenvalue weighted by atomic mass is 9.92. The van der Waals surface area contributed by atoms with Gasteiger partial charge in [0.1, 0.15) is 0 Å². The molecule has 36 heavy (non-hydrogen) atoms. The fourth-order valence-electron chi connectivity index (χ4n) is 4.66. The quantitative estimate of drug-likeness (QED) is 0.467. The predicted molar refractivity (Wildman–Crippen MR) is 137 cm³/mol. The van der Waals surface area contributed by atoms with Gasteiger partial charge in [0.2, 0.25) is 11.5 Å². The van der Waals surface area contributed by atoms with Crippen LogP contribution in [0.1, 0.15) is 27.0 Å². The van der Waals surface area contributed by atoms with E-state index in [2.05, 4.69) is 4.98 Å². The van der Waals surface area contributed by atoms with E-state index in [0.717, 1.165) is 27.8 Å². The molecule has 8 heteroatoms. The van der Waals surface area contributed by atoms with E-state index < -0.39 is 0 Å². The molecule has 0 saturated carbocycles. The van der Waals surface area contributed by atoms with Gasteiger partial charge in [-0.05, 0) is 36.2 Å². The minimum absolute atomic E-state index is 0.00903. The second-order valence-corrected chi connectivity index (χ2v) is 8.44. The number of carbonyl (C=O) groups excluding carboxylic acids is 1. The normalized spacial score (nSPS) is 13.3. The van der Waals surface area contributed by atoms with Crippen molar-refractivity contribution in [2.45, 2.75) is 13.3 Å². The van der Waals surface area contributed by atoms with E-state index in [-0.39, 0.29) is 5.91 Å². The maximum Gasteiger partial charge on any atom is 0.254 e. The average molecular weight is 493 g/mol. The molecule has 3 aromatic rings. The second kappa shape index (κ2) is 11.3. The van der Waals surface area contributed by atoms with Crippen LogP contribution >= 0.6 is 0 Å². The molecule has 0 unspecified atom stereocenters. The molecule has 1 amide bonds. The van der Waals surface area contributed by atoms with Crippen molar-refractivity contribution in [1.82, 2.24) is 9.88 Å². The number of aromatic nitrogens is 1. The van der Waals surface area contributed by atoms with Gasteiger partial charge in [0, 0.05) is 54.2 Å². The van der Waals surface area contributed by atoms with Gasteiger partial charge < -0.3 is 28.6 Å². The third kappa shape index (κ3) is 4.81. The van der Waals surface area contributed by atoms with Crippen LogP contribution in [0.3, 0.4) is 0 Å². The number of amides is 1. The van der Waals surface area contributed by atoms with Gasteiger partial charge in [0.05, 0.1) is 41.7 Å². The third-order valence-corrected chi connectivity index (χ3v) is 6.47. The van der Waals surface area contributed by atoms with Gasteiger partial charge >= 0.3 is 0 Å². The first-order chi connectivity index (χ1) is 17.5. The predicted octanol–water partition coefficient (Wildman–Crippen LogP) is 4.15. The first-order valence-corrected chi connectivity index (χ1v) is 11.8. The lowest BCUT2D eigenvalue weighted by Crippen LogP contribution is -2.40. The molecule has 190 valence electrons. The number of ether oxygens (including phenoxy) is 5. The summed E-state index contributed by atoms with van der Waals surface area (Å²) in [6.45, 7) is 4.22. The van der Waals surface area contributed by atoms with Gasteiger partial charge in [-0.3, -0.25) is 9.78 Å². The van der Waals surface area contributed by atoms with Gasteiger partial charge in [-0.25, -0.2) is 0 Å². The Morgan fingerprint density at radius 2 is 1.61 bits per heavy atom. The number of methoxy groups -OCH3 is 4. The van der Waals surface area contributed by atoms with Crippen molar-refractivity contribution < 1.29 is 28.5 Å². The summed E-state index contributed by atoms with van der Waals surface area (Å²) in [7, 11) is 6.36. The van der Waals surface area contributed by atoms with E-state index in [1.54, 1.807) is 40.8 Å². The van der Waals surface area contributed by atoms with E-state index in [0.29, 0.717) is 61.3 Å². The molecule has 4 rings (SSSR count). The summed E-state index contributed by atoms with van der Waals surface area (Å²) in [6.07, 6.45) is 4.03. The van der Waals surface area contributed by atoms with Crippen LogP contribution < -0.4 is 18.9 Å². The Bertz CT molecular complexity index is 1220. The molecule has 0 spiro atoms. The Hall–Kier alpha value is -3.78. The van der Waals surface area contributed by atoms with Gasteiger partial charge in [-0.15, -0.1) is 0 Å². The Balaban J connectivity index is 1.81. The van der Waals surface area contributed by atoms with E-state index in [1.165, 1.54) is 0 Å². The zero-order chi connectivity index (χ0) is 25.7. The summed E-state index contributed by atoms with van der Waals surface area (Å²) in [6, 6.07) is 9.77. The highest BCUT2D eigenvalue weighted by molar-refractivity contribution is 6.01. The summed E-state index contributed by atoms with van der Waals surface area (Å²) in [4.78, 5) is 19.6. The summed E-state index contributed by atoms with van der Waals surface area (Å²) < 4.78 is 28.1. The monoisotopic (exact) mass is 492 g/mol. The van der Waals surface area contributed by atoms with Crippen molar-refractivity contribution in [1.29, 1.82) is 0 Å². The Morgan fingerprint density at radius 1 is 0.944 bits per heavy atom. The zero-order valence-corrected chi connectivity index (χ0v) is 21.4. The van der Waals surface area contributed by atoms with Gasteiger partial charge in [-0.1, -0.05) is 12.1 Å². The van der Waals surface area contributed by atoms with Crippen LogP contribution in [0, 0.1) is 6.92 Å². The highest BCUT2D eigenvalue weighted by Crippen LogP contribution is 2.50. The third-order valence-electron chi connectivity index (χ3n) is 6.47. The highest BCUT2D eigenvalue weighted by atomic mass is 16.5. The molecule has 0 N–H and O–H groups in total. The van der Waals surface area contributed by atoms with Gasteiger partial charge in [0.25, 0.3) is 5.91 Å². The maximum atomic E-state index is 13.4. The van der Waals surface area contributed by atoms with Crippen molar-refractivity contribution in [2.24, 2.45) is 0 Å². The van der Waals surface area contributed by atoms with Crippen molar-refractivity contribution in [2.75, 3.05) is 54.7 Å². The van der Waals surface area contributed by atoms with Gasteiger partial charge in [0.15, 0.2) is 11.5 Å². The SMILES string of the molecule is COc1c(C)c(Cc2ccc(C(=O)N3CCOCC3)c(-c3cccnc3)c2)c(OC)c(OC)c1OC. The molecule has 0 aliphatic carbocycles. The number of hydrogen-bond donors (Lipinski definition) is 0. The fraction of sp³-hybridized carbons (Fsp3) is 0.357. The van der Waals surface area contributed by atoms with Crippen LogP contribution in [-0.4, -0.2) is 70.5 Å². The van der Waals surface area contributed by atoms with Crippen LogP contribution in [0.2, 0.25) is 0 Å². The van der Waals surface area contributed by atoms with Crippen LogP contribution in [-0.2, 0) is 11.2 Å². The zero-order valence-electron chi connectivity index (χ0n) is 21.4. The number of benzene rings is 2. The smallest absolute Gasteiger partial charge is 0.254 e. The molecule has 2 heterocycles. The molecule has 0 atom stereocenters. The van der Waals surface area contributed by atoms with E-state index >= 15 is 0 Å². The Labute approximate surface area is 211 Å². The van der Waals surface area contributed by atoms with E-state index in [9.17, 15) is 4.79 Å².